The van der Waals surface area contributed by atoms with E-state index in [2.05, 4.69) is 10.6 Å². The molecule has 0 heterocycles. The number of carboxylic acid groups (broad SMARTS) is 1. The van der Waals surface area contributed by atoms with Gasteiger partial charge in [-0.2, -0.15) is 0 Å². The van der Waals surface area contributed by atoms with Gasteiger partial charge in [-0.3, -0.25) is 0 Å². The summed E-state index contributed by atoms with van der Waals surface area (Å²) < 4.78 is 0. The average Bonchev–Trinajstić information content (AvgIpc) is 2.31. The van der Waals surface area contributed by atoms with E-state index in [4.69, 9.17) is 5.11 Å². The molecule has 0 saturated carbocycles. The first-order chi connectivity index (χ1) is 8.43. The first kappa shape index (κ1) is 14.0. The van der Waals surface area contributed by atoms with Gasteiger partial charge in [0.05, 0.1) is 5.56 Å². The fraction of sp³-hybridized carbons (Fsp3) is 0.385. The fourth-order valence-corrected chi connectivity index (χ4v) is 1.37. The molecule has 0 aliphatic rings. The monoisotopic (exact) mass is 250 g/mol. The number of urea groups is 1. The summed E-state index contributed by atoms with van der Waals surface area (Å²) in [5.74, 6) is -1.01. The Morgan fingerprint density at radius 3 is 2.61 bits per heavy atom. The minimum Gasteiger partial charge on any atom is -0.478 e. The minimum atomic E-state index is -1.01. The molecule has 0 unspecified atom stereocenters. The summed E-state index contributed by atoms with van der Waals surface area (Å²) in [5, 5.41) is 14.3. The Bertz CT molecular complexity index is 458. The maximum Gasteiger partial charge on any atom is 0.335 e. The quantitative estimate of drug-likeness (QED) is 0.768. The molecule has 0 fully saturated rings. The van der Waals surface area contributed by atoms with E-state index in [9.17, 15) is 9.59 Å². The second kappa shape index (κ2) is 6.05. The smallest absolute Gasteiger partial charge is 0.335 e. The number of benzene rings is 1. The van der Waals surface area contributed by atoms with Crippen LogP contribution in [0.2, 0.25) is 0 Å². The zero-order valence-corrected chi connectivity index (χ0v) is 10.8. The highest BCUT2D eigenvalue weighted by Crippen LogP contribution is 2.16. The molecule has 3 N–H and O–H groups in total. The Morgan fingerprint density at radius 1 is 1.39 bits per heavy atom. The number of rotatable bonds is 4. The highest BCUT2D eigenvalue weighted by molar-refractivity contribution is 5.94. The third-order valence-electron chi connectivity index (χ3n) is 2.72. The van der Waals surface area contributed by atoms with Crippen LogP contribution in [0.15, 0.2) is 18.2 Å². The Morgan fingerprint density at radius 2 is 2.06 bits per heavy atom. The number of carbonyl (C=O) groups excluding carboxylic acids is 1. The molecule has 2 amide bonds. The number of aryl methyl sites for hydroxylation is 1. The van der Waals surface area contributed by atoms with Crippen LogP contribution in [-0.2, 0) is 0 Å². The number of anilines is 1. The van der Waals surface area contributed by atoms with Crippen LogP contribution in [-0.4, -0.2) is 23.1 Å². The molecule has 98 valence electrons. The summed E-state index contributed by atoms with van der Waals surface area (Å²) in [6, 6.07) is 4.38. The largest absolute Gasteiger partial charge is 0.478 e. The highest BCUT2D eigenvalue weighted by atomic mass is 16.4. The summed E-state index contributed by atoms with van der Waals surface area (Å²) in [6.45, 7) is 5.69. The second-order valence-electron chi connectivity index (χ2n) is 4.24. The van der Waals surface area contributed by atoms with Gasteiger partial charge in [-0.25, -0.2) is 9.59 Å². The summed E-state index contributed by atoms with van der Waals surface area (Å²) in [6.07, 6.45) is 0.835. The van der Waals surface area contributed by atoms with Crippen LogP contribution < -0.4 is 10.6 Å². The van der Waals surface area contributed by atoms with Crippen molar-refractivity contribution >= 4 is 17.7 Å². The number of nitrogens with one attached hydrogen (secondary N) is 2. The van der Waals surface area contributed by atoms with Crippen molar-refractivity contribution in [2.45, 2.75) is 33.2 Å². The minimum absolute atomic E-state index is 0.0768. The predicted molar refractivity (Wildman–Crippen MR) is 70.0 cm³/mol. The number of aromatic carboxylic acids is 1. The highest BCUT2D eigenvalue weighted by Gasteiger charge is 2.10. The van der Waals surface area contributed by atoms with Crippen molar-refractivity contribution in [2.24, 2.45) is 0 Å². The molecule has 0 bridgehead atoms. The van der Waals surface area contributed by atoms with Crippen LogP contribution in [0.5, 0.6) is 0 Å². The first-order valence-corrected chi connectivity index (χ1v) is 5.85. The van der Waals surface area contributed by atoms with Crippen molar-refractivity contribution in [3.63, 3.8) is 0 Å². The molecule has 0 saturated heterocycles. The molecule has 18 heavy (non-hydrogen) atoms. The molecule has 1 aromatic carbocycles. The number of carboxylic acids is 1. The van der Waals surface area contributed by atoms with Gasteiger partial charge in [-0.15, -0.1) is 0 Å². The van der Waals surface area contributed by atoms with Crippen molar-refractivity contribution in [1.82, 2.24) is 5.32 Å². The van der Waals surface area contributed by atoms with Crippen molar-refractivity contribution < 1.29 is 14.7 Å². The Hall–Kier alpha value is -2.04. The lowest BCUT2D eigenvalue weighted by atomic mass is 10.1. The summed E-state index contributed by atoms with van der Waals surface area (Å²) in [7, 11) is 0. The molecule has 0 spiro atoms. The molecule has 5 heteroatoms. The van der Waals surface area contributed by atoms with Gasteiger partial charge >= 0.3 is 12.0 Å². The average molecular weight is 250 g/mol. The van der Waals surface area contributed by atoms with E-state index >= 15 is 0 Å². The van der Waals surface area contributed by atoms with Crippen LogP contribution in [0.1, 0.15) is 36.2 Å². The molecule has 1 atom stereocenters. The SMILES string of the molecule is CC[C@H](C)NC(=O)Nc1cc(C(=O)O)ccc1C. The fourth-order valence-electron chi connectivity index (χ4n) is 1.37. The van der Waals surface area contributed by atoms with Crippen LogP contribution in [0, 0.1) is 6.92 Å². The molecular formula is C13H18N2O3. The lowest BCUT2D eigenvalue weighted by Gasteiger charge is -2.14. The topological polar surface area (TPSA) is 78.4 Å². The van der Waals surface area contributed by atoms with E-state index < -0.39 is 5.97 Å². The second-order valence-corrected chi connectivity index (χ2v) is 4.24. The van der Waals surface area contributed by atoms with Gasteiger partial charge < -0.3 is 15.7 Å². The van der Waals surface area contributed by atoms with Crippen LogP contribution in [0.25, 0.3) is 0 Å². The zero-order valence-electron chi connectivity index (χ0n) is 10.8. The van der Waals surface area contributed by atoms with Gasteiger partial charge in [0.15, 0.2) is 0 Å². The maximum absolute atomic E-state index is 11.6. The number of hydrogen-bond acceptors (Lipinski definition) is 2. The lowest BCUT2D eigenvalue weighted by molar-refractivity contribution is 0.0697. The molecule has 1 aromatic rings. The third kappa shape index (κ3) is 3.76. The van der Waals surface area contributed by atoms with Crippen molar-refractivity contribution in [1.29, 1.82) is 0 Å². The van der Waals surface area contributed by atoms with Gasteiger partial charge in [0.2, 0.25) is 0 Å². The third-order valence-corrected chi connectivity index (χ3v) is 2.72. The molecule has 1 rings (SSSR count). The molecule has 5 nitrogen and oxygen atoms in total. The van der Waals surface area contributed by atoms with Gasteiger partial charge in [0, 0.05) is 11.7 Å². The van der Waals surface area contributed by atoms with E-state index in [1.807, 2.05) is 20.8 Å². The van der Waals surface area contributed by atoms with Crippen molar-refractivity contribution in [3.8, 4) is 0 Å². The normalized spacial score (nSPS) is 11.7. The molecule has 0 radical (unpaired) electrons. The molecule has 0 aliphatic heterocycles. The Labute approximate surface area is 106 Å². The van der Waals surface area contributed by atoms with E-state index in [0.29, 0.717) is 5.69 Å². The summed E-state index contributed by atoms with van der Waals surface area (Å²) >= 11 is 0. The van der Waals surface area contributed by atoms with Crippen LogP contribution in [0.4, 0.5) is 10.5 Å². The predicted octanol–water partition coefficient (Wildman–Crippen LogP) is 2.61. The van der Waals surface area contributed by atoms with E-state index in [1.165, 1.54) is 12.1 Å². The van der Waals surface area contributed by atoms with Crippen molar-refractivity contribution in [2.75, 3.05) is 5.32 Å². The van der Waals surface area contributed by atoms with Gasteiger partial charge in [0.1, 0.15) is 0 Å². The molecule has 0 aliphatic carbocycles. The van der Waals surface area contributed by atoms with E-state index in [1.54, 1.807) is 6.07 Å². The number of hydrogen-bond donors (Lipinski definition) is 3. The first-order valence-electron chi connectivity index (χ1n) is 5.85. The Balaban J connectivity index is 2.80. The number of carbonyl (C=O) groups is 2. The Kier molecular flexibility index (Phi) is 4.71. The van der Waals surface area contributed by atoms with E-state index in [0.717, 1.165) is 12.0 Å². The molecule has 0 aromatic heterocycles. The van der Waals surface area contributed by atoms with Gasteiger partial charge in [-0.05, 0) is 38.0 Å². The molecular weight excluding hydrogens is 232 g/mol. The van der Waals surface area contributed by atoms with Crippen molar-refractivity contribution in [3.05, 3.63) is 29.3 Å². The van der Waals surface area contributed by atoms with Crippen LogP contribution >= 0.6 is 0 Å². The standard InChI is InChI=1S/C13H18N2O3/c1-4-9(3)14-13(18)15-11-7-10(12(16)17)6-5-8(11)2/h5-7,9H,4H2,1-3H3,(H,16,17)(H2,14,15,18)/t9-/m0/s1. The van der Waals surface area contributed by atoms with Gasteiger partial charge in [-0.1, -0.05) is 13.0 Å². The van der Waals surface area contributed by atoms with Crippen LogP contribution in [0.3, 0.4) is 0 Å². The summed E-state index contributed by atoms with van der Waals surface area (Å²) in [4.78, 5) is 22.5. The lowest BCUT2D eigenvalue weighted by Crippen LogP contribution is -2.35. The van der Waals surface area contributed by atoms with E-state index in [-0.39, 0.29) is 17.6 Å². The number of amides is 2. The zero-order chi connectivity index (χ0) is 13.7. The van der Waals surface area contributed by atoms with Gasteiger partial charge in [0.25, 0.3) is 0 Å². The summed E-state index contributed by atoms with van der Waals surface area (Å²) in [5.41, 5.74) is 1.48. The maximum atomic E-state index is 11.6.